The molecule has 0 aromatic carbocycles. The SMILES string of the molecule is Cc1nccc(CC(=O)NC2[B]OC(CC(=O)O)CC2)c1C. The number of amides is 1. The summed E-state index contributed by atoms with van der Waals surface area (Å²) in [6, 6.07) is 1.85. The molecule has 0 bridgehead atoms. The van der Waals surface area contributed by atoms with Crippen LogP contribution in [0.1, 0.15) is 36.1 Å². The van der Waals surface area contributed by atoms with Gasteiger partial charge in [0.15, 0.2) is 0 Å². The maximum atomic E-state index is 12.1. The quantitative estimate of drug-likeness (QED) is 0.791. The average molecular weight is 303 g/mol. The summed E-state index contributed by atoms with van der Waals surface area (Å²) in [5.41, 5.74) is 2.92. The first kappa shape index (κ1) is 16.5. The molecular weight excluding hydrogens is 283 g/mol. The Hall–Kier alpha value is -1.89. The molecule has 2 rings (SSSR count). The predicted octanol–water partition coefficient (Wildman–Crippen LogP) is 0.956. The van der Waals surface area contributed by atoms with Crippen molar-refractivity contribution in [3.05, 3.63) is 29.1 Å². The Labute approximate surface area is 130 Å². The molecule has 1 aromatic heterocycles. The van der Waals surface area contributed by atoms with E-state index in [0.717, 1.165) is 16.8 Å². The molecule has 2 atom stereocenters. The monoisotopic (exact) mass is 303 g/mol. The van der Waals surface area contributed by atoms with Crippen LogP contribution >= 0.6 is 0 Å². The first-order valence-electron chi connectivity index (χ1n) is 7.36. The summed E-state index contributed by atoms with van der Waals surface area (Å²) < 4.78 is 5.36. The zero-order valence-corrected chi connectivity index (χ0v) is 12.8. The van der Waals surface area contributed by atoms with E-state index in [1.807, 2.05) is 19.9 Å². The molecule has 2 unspecified atom stereocenters. The second-order valence-corrected chi connectivity index (χ2v) is 5.60. The van der Waals surface area contributed by atoms with Crippen molar-refractivity contribution in [1.82, 2.24) is 10.3 Å². The number of pyridine rings is 1. The molecule has 1 saturated heterocycles. The predicted molar refractivity (Wildman–Crippen MR) is 81.5 cm³/mol. The van der Waals surface area contributed by atoms with Crippen molar-refractivity contribution in [2.75, 3.05) is 0 Å². The van der Waals surface area contributed by atoms with Gasteiger partial charge in [-0.15, -0.1) is 0 Å². The normalized spacial score (nSPS) is 21.0. The van der Waals surface area contributed by atoms with Crippen molar-refractivity contribution in [2.45, 2.75) is 51.6 Å². The van der Waals surface area contributed by atoms with Crippen LogP contribution in [0.2, 0.25) is 0 Å². The van der Waals surface area contributed by atoms with Crippen LogP contribution in [0.3, 0.4) is 0 Å². The van der Waals surface area contributed by atoms with Crippen molar-refractivity contribution < 1.29 is 19.3 Å². The van der Waals surface area contributed by atoms with Gasteiger partial charge in [0.2, 0.25) is 5.91 Å². The van der Waals surface area contributed by atoms with Crippen molar-refractivity contribution in [2.24, 2.45) is 0 Å². The van der Waals surface area contributed by atoms with Gasteiger partial charge in [-0.25, -0.2) is 0 Å². The van der Waals surface area contributed by atoms with Gasteiger partial charge >= 0.3 is 13.5 Å². The van der Waals surface area contributed by atoms with E-state index in [9.17, 15) is 9.59 Å². The molecule has 0 spiro atoms. The Morgan fingerprint density at radius 3 is 2.86 bits per heavy atom. The fraction of sp³-hybridized carbons (Fsp3) is 0.533. The minimum absolute atomic E-state index is 0.00729. The van der Waals surface area contributed by atoms with E-state index in [0.29, 0.717) is 19.3 Å². The Morgan fingerprint density at radius 2 is 2.23 bits per heavy atom. The molecule has 1 aromatic rings. The number of carbonyl (C=O) groups is 2. The minimum Gasteiger partial charge on any atom is -0.481 e. The third kappa shape index (κ3) is 4.56. The summed E-state index contributed by atoms with van der Waals surface area (Å²) in [5, 5.41) is 11.6. The van der Waals surface area contributed by atoms with Gasteiger partial charge in [-0.1, -0.05) is 0 Å². The van der Waals surface area contributed by atoms with Gasteiger partial charge in [-0.05, 0) is 43.9 Å². The number of hydrogen-bond acceptors (Lipinski definition) is 4. The van der Waals surface area contributed by atoms with Gasteiger partial charge in [0.1, 0.15) is 0 Å². The summed E-state index contributed by atoms with van der Waals surface area (Å²) in [5.74, 6) is -1.11. The lowest BCUT2D eigenvalue weighted by Gasteiger charge is -2.28. The third-order valence-corrected chi connectivity index (χ3v) is 3.90. The molecule has 6 nitrogen and oxygen atoms in total. The molecule has 1 amide bonds. The lowest BCUT2D eigenvalue weighted by atomic mass is 9.79. The zero-order valence-electron chi connectivity index (χ0n) is 12.8. The summed E-state index contributed by atoms with van der Waals surface area (Å²) in [7, 11) is 1.54. The number of hydrogen-bond donors (Lipinski definition) is 2. The van der Waals surface area contributed by atoms with Crippen LogP contribution in [-0.2, 0) is 20.7 Å². The van der Waals surface area contributed by atoms with Gasteiger partial charge in [-0.3, -0.25) is 14.6 Å². The second-order valence-electron chi connectivity index (χ2n) is 5.60. The third-order valence-electron chi connectivity index (χ3n) is 3.90. The zero-order chi connectivity index (χ0) is 16.1. The molecule has 117 valence electrons. The van der Waals surface area contributed by atoms with Crippen molar-refractivity contribution in [3.63, 3.8) is 0 Å². The minimum atomic E-state index is -0.871. The van der Waals surface area contributed by atoms with Gasteiger partial charge in [0.25, 0.3) is 0 Å². The molecule has 22 heavy (non-hydrogen) atoms. The fourth-order valence-corrected chi connectivity index (χ4v) is 2.47. The van der Waals surface area contributed by atoms with Crippen LogP contribution in [0.25, 0.3) is 0 Å². The number of nitrogens with zero attached hydrogens (tertiary/aromatic N) is 1. The lowest BCUT2D eigenvalue weighted by molar-refractivity contribution is -0.139. The molecule has 1 aliphatic rings. The molecule has 0 aliphatic carbocycles. The van der Waals surface area contributed by atoms with Gasteiger partial charge in [0, 0.05) is 17.8 Å². The van der Waals surface area contributed by atoms with Crippen LogP contribution in [0.4, 0.5) is 0 Å². The van der Waals surface area contributed by atoms with E-state index in [4.69, 9.17) is 9.76 Å². The van der Waals surface area contributed by atoms with Crippen LogP contribution in [0, 0.1) is 13.8 Å². The summed E-state index contributed by atoms with van der Waals surface area (Å²) in [6.45, 7) is 3.87. The van der Waals surface area contributed by atoms with E-state index in [2.05, 4.69) is 10.3 Å². The Morgan fingerprint density at radius 1 is 1.45 bits per heavy atom. The van der Waals surface area contributed by atoms with Crippen molar-refractivity contribution in [3.8, 4) is 0 Å². The van der Waals surface area contributed by atoms with Crippen LogP contribution < -0.4 is 5.32 Å². The van der Waals surface area contributed by atoms with E-state index >= 15 is 0 Å². The standard InChI is InChI=1S/C15H20BN2O4/c1-9-10(2)17-6-5-11(9)7-14(19)18-13-4-3-12(22-16-13)8-15(20)21/h5-6,12-13H,3-4,7-8H2,1-2H3,(H,18,19)(H,20,21). The van der Waals surface area contributed by atoms with E-state index in [1.165, 1.54) is 0 Å². The summed E-state index contributed by atoms with van der Waals surface area (Å²) in [6.07, 6.45) is 3.03. The second kappa shape index (κ2) is 7.40. The highest BCUT2D eigenvalue weighted by Gasteiger charge is 2.26. The molecule has 7 heteroatoms. The molecular formula is C15H20BN2O4. The summed E-state index contributed by atoms with van der Waals surface area (Å²) in [4.78, 5) is 26.9. The lowest BCUT2D eigenvalue weighted by Crippen LogP contribution is -2.45. The highest BCUT2D eigenvalue weighted by Crippen LogP contribution is 2.16. The van der Waals surface area contributed by atoms with Gasteiger partial charge < -0.3 is 15.1 Å². The average Bonchev–Trinajstić information content (AvgIpc) is 2.45. The molecule has 1 radical (unpaired) electrons. The highest BCUT2D eigenvalue weighted by atomic mass is 16.4. The summed E-state index contributed by atoms with van der Waals surface area (Å²) >= 11 is 0. The number of carbonyl (C=O) groups excluding carboxylic acids is 1. The number of nitrogens with one attached hydrogen (secondary N) is 1. The van der Waals surface area contributed by atoms with Crippen LogP contribution in [0.5, 0.6) is 0 Å². The first-order chi connectivity index (χ1) is 10.5. The van der Waals surface area contributed by atoms with Crippen molar-refractivity contribution in [1.29, 1.82) is 0 Å². The number of aromatic nitrogens is 1. The molecule has 2 N–H and O–H groups in total. The van der Waals surface area contributed by atoms with Crippen LogP contribution in [-0.4, -0.2) is 41.5 Å². The number of carboxylic acid groups (broad SMARTS) is 1. The van der Waals surface area contributed by atoms with E-state index in [-0.39, 0.29) is 24.4 Å². The van der Waals surface area contributed by atoms with Gasteiger partial charge in [0.05, 0.1) is 18.9 Å². The number of aryl methyl sites for hydroxylation is 1. The maximum Gasteiger partial charge on any atom is 0.317 e. The molecule has 2 heterocycles. The number of aliphatic carboxylic acids is 1. The Kier molecular flexibility index (Phi) is 5.54. The maximum absolute atomic E-state index is 12.1. The van der Waals surface area contributed by atoms with E-state index < -0.39 is 5.97 Å². The number of rotatable bonds is 5. The Balaban J connectivity index is 1.81. The largest absolute Gasteiger partial charge is 0.481 e. The Bertz CT molecular complexity index is 556. The molecule has 0 saturated carbocycles. The van der Waals surface area contributed by atoms with E-state index in [1.54, 1.807) is 13.7 Å². The molecule has 1 aliphatic heterocycles. The van der Waals surface area contributed by atoms with Gasteiger partial charge in [-0.2, -0.15) is 0 Å². The highest BCUT2D eigenvalue weighted by molar-refractivity contribution is 6.30. The number of carboxylic acids is 1. The van der Waals surface area contributed by atoms with Crippen molar-refractivity contribution >= 4 is 19.4 Å². The van der Waals surface area contributed by atoms with Crippen LogP contribution in [0.15, 0.2) is 12.3 Å². The topological polar surface area (TPSA) is 88.5 Å². The fourth-order valence-electron chi connectivity index (χ4n) is 2.47. The first-order valence-corrected chi connectivity index (χ1v) is 7.36. The molecule has 1 fully saturated rings. The smallest absolute Gasteiger partial charge is 0.317 e.